The third-order valence-corrected chi connectivity index (χ3v) is 3.60. The summed E-state index contributed by atoms with van der Waals surface area (Å²) in [5, 5.41) is 3.32. The summed E-state index contributed by atoms with van der Waals surface area (Å²) in [6.45, 7) is 7.84. The molecule has 2 atom stereocenters. The van der Waals surface area contributed by atoms with Gasteiger partial charge in [-0.3, -0.25) is 0 Å². The van der Waals surface area contributed by atoms with Crippen molar-refractivity contribution in [3.8, 4) is 0 Å². The smallest absolute Gasteiger partial charge is 0.379 e. The molecule has 1 N–H and O–H groups in total. The van der Waals surface area contributed by atoms with E-state index in [4.69, 9.17) is 4.74 Å². The molecule has 1 rings (SSSR count). The van der Waals surface area contributed by atoms with Crippen molar-refractivity contribution in [2.24, 2.45) is 0 Å². The van der Waals surface area contributed by atoms with Crippen LogP contribution in [0.4, 0.5) is 13.2 Å². The van der Waals surface area contributed by atoms with E-state index >= 15 is 0 Å². The zero-order valence-corrected chi connectivity index (χ0v) is 13.2. The predicted octanol–water partition coefficient (Wildman–Crippen LogP) is 4.56. The summed E-state index contributed by atoms with van der Waals surface area (Å²) >= 11 is 0. The fourth-order valence-electron chi connectivity index (χ4n) is 2.39. The van der Waals surface area contributed by atoms with E-state index in [0.717, 1.165) is 12.5 Å². The molecule has 0 saturated heterocycles. The fourth-order valence-corrected chi connectivity index (χ4v) is 2.39. The largest absolute Gasteiger partial charge is 0.416 e. The minimum Gasteiger partial charge on any atom is -0.379 e. The molecule has 0 radical (unpaired) electrons. The van der Waals surface area contributed by atoms with Gasteiger partial charge < -0.3 is 10.1 Å². The number of hydrogen-bond acceptors (Lipinski definition) is 2. The quantitative estimate of drug-likeness (QED) is 0.832. The summed E-state index contributed by atoms with van der Waals surface area (Å²) in [5.74, 6) is 0. The molecule has 0 amide bonds. The van der Waals surface area contributed by atoms with Crippen molar-refractivity contribution in [3.05, 3.63) is 35.4 Å². The van der Waals surface area contributed by atoms with Crippen LogP contribution in [0.25, 0.3) is 0 Å². The maximum absolute atomic E-state index is 12.7. The zero-order valence-electron chi connectivity index (χ0n) is 13.2. The molecule has 1 aromatic rings. The molecule has 5 heteroatoms. The highest BCUT2D eigenvalue weighted by molar-refractivity contribution is 5.27. The number of alkyl halides is 3. The van der Waals surface area contributed by atoms with Crippen molar-refractivity contribution >= 4 is 0 Å². The van der Waals surface area contributed by atoms with Gasteiger partial charge in [0.25, 0.3) is 0 Å². The normalized spacial score (nSPS) is 15.8. The molecule has 1 aromatic carbocycles. The Morgan fingerprint density at radius 3 is 2.33 bits per heavy atom. The second-order valence-electron chi connectivity index (χ2n) is 6.08. The minimum atomic E-state index is -4.31. The first kappa shape index (κ1) is 18.0. The van der Waals surface area contributed by atoms with Crippen molar-refractivity contribution in [1.82, 2.24) is 5.32 Å². The summed E-state index contributed by atoms with van der Waals surface area (Å²) in [6, 6.07) is 5.42. The Balaban J connectivity index is 2.74. The highest BCUT2D eigenvalue weighted by Gasteiger charge is 2.30. The second kappa shape index (κ2) is 6.79. The van der Waals surface area contributed by atoms with Crippen LogP contribution in [0.5, 0.6) is 0 Å². The monoisotopic (exact) mass is 303 g/mol. The van der Waals surface area contributed by atoms with Gasteiger partial charge >= 0.3 is 6.18 Å². The van der Waals surface area contributed by atoms with E-state index in [-0.39, 0.29) is 17.7 Å². The van der Waals surface area contributed by atoms with Crippen LogP contribution in [0, 0.1) is 0 Å². The van der Waals surface area contributed by atoms with Crippen LogP contribution in [0.15, 0.2) is 24.3 Å². The van der Waals surface area contributed by atoms with Gasteiger partial charge in [0.05, 0.1) is 11.2 Å². The number of ether oxygens (including phenoxy) is 1. The lowest BCUT2D eigenvalue weighted by Gasteiger charge is -2.29. The van der Waals surface area contributed by atoms with Crippen LogP contribution in [0.2, 0.25) is 0 Å². The molecular formula is C16H24F3NO. The molecule has 0 aromatic heterocycles. The topological polar surface area (TPSA) is 21.3 Å². The van der Waals surface area contributed by atoms with Crippen molar-refractivity contribution in [3.63, 3.8) is 0 Å². The molecule has 2 nitrogen and oxygen atoms in total. The van der Waals surface area contributed by atoms with Gasteiger partial charge in [-0.15, -0.1) is 0 Å². The Bertz CT molecular complexity index is 457. The first-order valence-electron chi connectivity index (χ1n) is 7.03. The number of hydrogen-bond donors (Lipinski definition) is 1. The lowest BCUT2D eigenvalue weighted by molar-refractivity contribution is -0.137. The van der Waals surface area contributed by atoms with Gasteiger partial charge in [0.2, 0.25) is 0 Å². The van der Waals surface area contributed by atoms with E-state index in [1.165, 1.54) is 12.1 Å². The highest BCUT2D eigenvalue weighted by Crippen LogP contribution is 2.31. The molecule has 0 aliphatic rings. The molecule has 2 unspecified atom stereocenters. The SMILES string of the molecule is COC(C)(C)CC(C)NC(C)c1cccc(C(F)(F)F)c1. The van der Waals surface area contributed by atoms with Gasteiger partial charge in [-0.25, -0.2) is 0 Å². The summed E-state index contributed by atoms with van der Waals surface area (Å²) in [7, 11) is 1.66. The number of benzene rings is 1. The van der Waals surface area contributed by atoms with Gasteiger partial charge in [0.15, 0.2) is 0 Å². The summed E-state index contributed by atoms with van der Waals surface area (Å²) in [4.78, 5) is 0. The Hall–Kier alpha value is -1.07. The molecule has 0 aliphatic heterocycles. The number of methoxy groups -OCH3 is 1. The van der Waals surface area contributed by atoms with E-state index < -0.39 is 11.7 Å². The van der Waals surface area contributed by atoms with Gasteiger partial charge in [0.1, 0.15) is 0 Å². The van der Waals surface area contributed by atoms with Gasteiger partial charge in [-0.05, 0) is 51.8 Å². The van der Waals surface area contributed by atoms with Crippen LogP contribution in [-0.2, 0) is 10.9 Å². The lowest BCUT2D eigenvalue weighted by Crippen LogP contribution is -2.37. The number of nitrogens with one attached hydrogen (secondary N) is 1. The van der Waals surface area contributed by atoms with Crippen LogP contribution in [-0.4, -0.2) is 18.8 Å². The molecule has 0 saturated carbocycles. The zero-order chi connectivity index (χ0) is 16.3. The first-order chi connectivity index (χ1) is 9.55. The van der Waals surface area contributed by atoms with Crippen molar-refractivity contribution < 1.29 is 17.9 Å². The van der Waals surface area contributed by atoms with E-state index in [2.05, 4.69) is 5.32 Å². The van der Waals surface area contributed by atoms with Gasteiger partial charge in [0, 0.05) is 19.2 Å². The summed E-state index contributed by atoms with van der Waals surface area (Å²) in [5.41, 5.74) is -0.245. The fraction of sp³-hybridized carbons (Fsp3) is 0.625. The number of rotatable bonds is 6. The minimum absolute atomic E-state index is 0.129. The van der Waals surface area contributed by atoms with E-state index in [1.807, 2.05) is 27.7 Å². The maximum atomic E-state index is 12.7. The Labute approximate surface area is 124 Å². The molecule has 21 heavy (non-hydrogen) atoms. The van der Waals surface area contributed by atoms with E-state index in [9.17, 15) is 13.2 Å². The van der Waals surface area contributed by atoms with E-state index in [0.29, 0.717) is 5.56 Å². The maximum Gasteiger partial charge on any atom is 0.416 e. The Kier molecular flexibility index (Phi) is 5.82. The van der Waals surface area contributed by atoms with E-state index in [1.54, 1.807) is 13.2 Å². The molecule has 0 fully saturated rings. The van der Waals surface area contributed by atoms with Crippen LogP contribution in [0.1, 0.15) is 51.3 Å². The highest BCUT2D eigenvalue weighted by atomic mass is 19.4. The standard InChI is InChI=1S/C16H24F3NO/c1-11(10-15(3,4)21-5)20-12(2)13-7-6-8-14(9-13)16(17,18)19/h6-9,11-12,20H,10H2,1-5H3. The first-order valence-corrected chi connectivity index (χ1v) is 7.03. The predicted molar refractivity (Wildman–Crippen MR) is 78.2 cm³/mol. The third kappa shape index (κ3) is 5.67. The van der Waals surface area contributed by atoms with Crippen LogP contribution < -0.4 is 5.32 Å². The lowest BCUT2D eigenvalue weighted by atomic mass is 9.98. The molecule has 120 valence electrons. The average molecular weight is 303 g/mol. The summed E-state index contributed by atoms with van der Waals surface area (Å²) in [6.07, 6.45) is -3.54. The molecular weight excluding hydrogens is 279 g/mol. The number of halogens is 3. The third-order valence-electron chi connectivity index (χ3n) is 3.60. The summed E-state index contributed by atoms with van der Waals surface area (Å²) < 4.78 is 43.5. The van der Waals surface area contributed by atoms with Crippen molar-refractivity contribution in [1.29, 1.82) is 0 Å². The van der Waals surface area contributed by atoms with Crippen molar-refractivity contribution in [2.75, 3.05) is 7.11 Å². The van der Waals surface area contributed by atoms with Gasteiger partial charge in [-0.2, -0.15) is 13.2 Å². The van der Waals surface area contributed by atoms with Gasteiger partial charge in [-0.1, -0.05) is 12.1 Å². The van der Waals surface area contributed by atoms with Crippen molar-refractivity contribution in [2.45, 2.75) is 58.0 Å². The average Bonchev–Trinajstić information content (AvgIpc) is 2.37. The molecule has 0 spiro atoms. The van der Waals surface area contributed by atoms with Crippen LogP contribution >= 0.6 is 0 Å². The second-order valence-corrected chi connectivity index (χ2v) is 6.08. The molecule has 0 bridgehead atoms. The Morgan fingerprint density at radius 2 is 1.81 bits per heavy atom. The Morgan fingerprint density at radius 1 is 1.19 bits per heavy atom. The molecule has 0 heterocycles. The van der Waals surface area contributed by atoms with Crippen LogP contribution in [0.3, 0.4) is 0 Å². The molecule has 0 aliphatic carbocycles.